The van der Waals surface area contributed by atoms with Crippen molar-refractivity contribution in [1.29, 1.82) is 5.26 Å². The molecule has 4 aromatic carbocycles. The fourth-order valence-electron chi connectivity index (χ4n) is 4.19. The van der Waals surface area contributed by atoms with Crippen LogP contribution in [0.5, 0.6) is 23.0 Å². The molecule has 0 radical (unpaired) electrons. The van der Waals surface area contributed by atoms with Gasteiger partial charge in [0.2, 0.25) is 5.88 Å². The lowest BCUT2D eigenvalue weighted by molar-refractivity contribution is -0.385. The molecule has 0 aromatic heterocycles. The Morgan fingerprint density at radius 3 is 2.42 bits per heavy atom. The smallest absolute Gasteiger partial charge is 0.350 e. The lowest BCUT2D eigenvalue weighted by Gasteiger charge is -2.27. The van der Waals surface area contributed by atoms with E-state index in [2.05, 4.69) is 6.07 Å². The summed E-state index contributed by atoms with van der Waals surface area (Å²) in [6.45, 7) is 0. The number of hydrogen-bond donors (Lipinski definition) is 1. The number of para-hydroxylation sites is 2. The SMILES string of the molecule is N#CC1=C(N)Oc2cc(OC(=O)c3ccccc3[N+](=O)[O-])ccc2C1c1cccc(Oc2ccccc2)c1. The van der Waals surface area contributed by atoms with E-state index >= 15 is 0 Å². The number of hydrogen-bond acceptors (Lipinski definition) is 8. The number of fused-ring (bicyclic) bond motifs is 1. The van der Waals surface area contributed by atoms with Crippen LogP contribution in [0.15, 0.2) is 109 Å². The quantitative estimate of drug-likeness (QED) is 0.150. The molecule has 4 aromatic rings. The van der Waals surface area contributed by atoms with Crippen molar-refractivity contribution < 1.29 is 23.9 Å². The largest absolute Gasteiger partial charge is 0.457 e. The summed E-state index contributed by atoms with van der Waals surface area (Å²) >= 11 is 0. The zero-order valence-corrected chi connectivity index (χ0v) is 19.7. The van der Waals surface area contributed by atoms with Gasteiger partial charge in [0.15, 0.2) is 0 Å². The van der Waals surface area contributed by atoms with Crippen molar-refractivity contribution in [2.24, 2.45) is 5.73 Å². The highest BCUT2D eigenvalue weighted by atomic mass is 16.6. The van der Waals surface area contributed by atoms with Crippen molar-refractivity contribution in [1.82, 2.24) is 0 Å². The fraction of sp³-hybridized carbons (Fsp3) is 0.0345. The maximum Gasteiger partial charge on any atom is 0.350 e. The van der Waals surface area contributed by atoms with Crippen molar-refractivity contribution in [3.63, 3.8) is 0 Å². The second-order valence-corrected chi connectivity index (χ2v) is 8.28. The van der Waals surface area contributed by atoms with Gasteiger partial charge in [0.25, 0.3) is 5.69 Å². The molecule has 5 rings (SSSR count). The van der Waals surface area contributed by atoms with Crippen molar-refractivity contribution in [3.05, 3.63) is 135 Å². The zero-order valence-electron chi connectivity index (χ0n) is 19.7. The molecule has 0 aliphatic carbocycles. The highest BCUT2D eigenvalue weighted by Crippen LogP contribution is 2.44. The van der Waals surface area contributed by atoms with Gasteiger partial charge in [-0.15, -0.1) is 0 Å². The number of carbonyl (C=O) groups is 1. The minimum absolute atomic E-state index is 0.0819. The Morgan fingerprint density at radius 2 is 1.66 bits per heavy atom. The van der Waals surface area contributed by atoms with Crippen LogP contribution in [-0.2, 0) is 0 Å². The molecule has 9 nitrogen and oxygen atoms in total. The summed E-state index contributed by atoms with van der Waals surface area (Å²) in [4.78, 5) is 23.3. The Kier molecular flexibility index (Phi) is 6.44. The predicted octanol–water partition coefficient (Wildman–Crippen LogP) is 5.82. The number of nitro groups is 1. The van der Waals surface area contributed by atoms with Gasteiger partial charge in [0, 0.05) is 17.7 Å². The maximum atomic E-state index is 12.7. The minimum Gasteiger partial charge on any atom is -0.457 e. The molecule has 1 aliphatic rings. The number of nitriles is 1. The number of nitro benzene ring substituents is 1. The van der Waals surface area contributed by atoms with Gasteiger partial charge in [0.05, 0.1) is 10.8 Å². The molecule has 38 heavy (non-hydrogen) atoms. The highest BCUT2D eigenvalue weighted by molar-refractivity contribution is 5.95. The second kappa shape index (κ2) is 10.2. The number of rotatable bonds is 6. The summed E-state index contributed by atoms with van der Waals surface area (Å²) in [5.74, 6) is 0.0836. The average Bonchev–Trinajstić information content (AvgIpc) is 2.93. The maximum absolute atomic E-state index is 12.7. The van der Waals surface area contributed by atoms with Crippen molar-refractivity contribution in [2.75, 3.05) is 0 Å². The van der Waals surface area contributed by atoms with Crippen molar-refractivity contribution in [3.8, 4) is 29.1 Å². The first-order valence-electron chi connectivity index (χ1n) is 11.4. The van der Waals surface area contributed by atoms with E-state index in [1.807, 2.05) is 48.5 Å². The van der Waals surface area contributed by atoms with E-state index in [9.17, 15) is 20.2 Å². The molecule has 2 N–H and O–H groups in total. The van der Waals surface area contributed by atoms with Gasteiger partial charge in [-0.2, -0.15) is 5.26 Å². The number of allylic oxidation sites excluding steroid dienone is 1. The third-order valence-corrected chi connectivity index (χ3v) is 5.89. The van der Waals surface area contributed by atoms with Gasteiger partial charge in [-0.3, -0.25) is 10.1 Å². The molecule has 0 spiro atoms. The van der Waals surface area contributed by atoms with E-state index in [0.29, 0.717) is 17.1 Å². The summed E-state index contributed by atoms with van der Waals surface area (Å²) in [6, 6.07) is 28.9. The van der Waals surface area contributed by atoms with Gasteiger partial charge in [-0.25, -0.2) is 4.79 Å². The monoisotopic (exact) mass is 505 g/mol. The zero-order chi connectivity index (χ0) is 26.6. The van der Waals surface area contributed by atoms with E-state index in [1.165, 1.54) is 36.4 Å². The van der Waals surface area contributed by atoms with Crippen LogP contribution < -0.4 is 19.9 Å². The van der Waals surface area contributed by atoms with Gasteiger partial charge >= 0.3 is 5.97 Å². The van der Waals surface area contributed by atoms with Gasteiger partial charge < -0.3 is 19.9 Å². The summed E-state index contributed by atoms with van der Waals surface area (Å²) < 4.78 is 17.1. The van der Waals surface area contributed by atoms with Crippen LogP contribution in [-0.4, -0.2) is 10.9 Å². The minimum atomic E-state index is -0.892. The van der Waals surface area contributed by atoms with Crippen LogP contribution in [0, 0.1) is 21.4 Å². The van der Waals surface area contributed by atoms with Crippen LogP contribution in [0.25, 0.3) is 0 Å². The van der Waals surface area contributed by atoms with Gasteiger partial charge in [0.1, 0.15) is 40.2 Å². The molecule has 0 saturated carbocycles. The summed E-state index contributed by atoms with van der Waals surface area (Å²) in [6.07, 6.45) is 0. The third-order valence-electron chi connectivity index (χ3n) is 5.89. The third kappa shape index (κ3) is 4.74. The molecule has 1 heterocycles. The first-order valence-corrected chi connectivity index (χ1v) is 11.4. The van der Waals surface area contributed by atoms with Gasteiger partial charge in [-0.1, -0.05) is 48.5 Å². The lowest BCUT2D eigenvalue weighted by atomic mass is 9.83. The number of esters is 1. The predicted molar refractivity (Wildman–Crippen MR) is 137 cm³/mol. The molecule has 1 aliphatic heterocycles. The first kappa shape index (κ1) is 24.1. The fourth-order valence-corrected chi connectivity index (χ4v) is 4.19. The molecule has 1 atom stereocenters. The van der Waals surface area contributed by atoms with Crippen LogP contribution in [0.1, 0.15) is 27.4 Å². The summed E-state index contributed by atoms with van der Waals surface area (Å²) in [5.41, 5.74) is 7.15. The molecular weight excluding hydrogens is 486 g/mol. The second-order valence-electron chi connectivity index (χ2n) is 8.28. The Labute approximate surface area is 217 Å². The van der Waals surface area contributed by atoms with E-state index < -0.39 is 16.8 Å². The molecule has 186 valence electrons. The van der Waals surface area contributed by atoms with Crippen LogP contribution >= 0.6 is 0 Å². The Morgan fingerprint density at radius 1 is 0.921 bits per heavy atom. The Balaban J connectivity index is 1.47. The number of ether oxygens (including phenoxy) is 3. The normalized spacial score (nSPS) is 14.0. The van der Waals surface area contributed by atoms with Crippen molar-refractivity contribution >= 4 is 11.7 Å². The Hall–Kier alpha value is -5.62. The average molecular weight is 505 g/mol. The molecule has 0 saturated heterocycles. The Bertz CT molecular complexity index is 1630. The molecule has 1 unspecified atom stereocenters. The standard InChI is InChI=1S/C29H19N3O6/c30-17-24-27(18-7-6-10-20(15-18)36-19-8-2-1-3-9-19)23-14-13-21(16-26(23)38-28(24)31)37-29(33)22-11-4-5-12-25(22)32(34)35/h1-16,27H,31H2. The molecule has 0 fully saturated rings. The molecular formula is C29H19N3O6. The number of carbonyl (C=O) groups excluding carboxylic acids is 1. The van der Waals surface area contributed by atoms with E-state index in [1.54, 1.807) is 12.1 Å². The number of benzene rings is 4. The molecule has 9 heteroatoms. The van der Waals surface area contributed by atoms with E-state index in [0.717, 1.165) is 5.56 Å². The van der Waals surface area contributed by atoms with Crippen LogP contribution in [0.2, 0.25) is 0 Å². The van der Waals surface area contributed by atoms with Crippen LogP contribution in [0.4, 0.5) is 5.69 Å². The molecule has 0 bridgehead atoms. The summed E-state index contributed by atoms with van der Waals surface area (Å²) in [7, 11) is 0. The van der Waals surface area contributed by atoms with Crippen molar-refractivity contribution in [2.45, 2.75) is 5.92 Å². The number of nitrogens with two attached hydrogens (primary N) is 1. The van der Waals surface area contributed by atoms with Crippen LogP contribution in [0.3, 0.4) is 0 Å². The number of nitrogens with zero attached hydrogens (tertiary/aromatic N) is 2. The lowest BCUT2D eigenvalue weighted by Crippen LogP contribution is -2.21. The topological polar surface area (TPSA) is 138 Å². The summed E-state index contributed by atoms with van der Waals surface area (Å²) in [5, 5.41) is 21.2. The highest BCUT2D eigenvalue weighted by Gasteiger charge is 2.31. The van der Waals surface area contributed by atoms with E-state index in [-0.39, 0.29) is 34.2 Å². The van der Waals surface area contributed by atoms with E-state index in [4.69, 9.17) is 19.9 Å². The first-order chi connectivity index (χ1) is 18.4. The molecule has 0 amide bonds. The van der Waals surface area contributed by atoms with Gasteiger partial charge in [-0.05, 0) is 42.0 Å².